The standard InChI is InChI=1S/C13H18N2O2/c1-14-7-12-8-15(9-12)13(16)17-10-11-5-3-2-4-6-11/h2-6,12,14H,7-10H2,1H3. The molecule has 1 aliphatic heterocycles. The van der Waals surface area contributed by atoms with Gasteiger partial charge in [-0.25, -0.2) is 4.79 Å². The van der Waals surface area contributed by atoms with Gasteiger partial charge in [-0.3, -0.25) is 0 Å². The lowest BCUT2D eigenvalue weighted by molar-refractivity contribution is 0.0500. The van der Waals surface area contributed by atoms with Gasteiger partial charge in [0.2, 0.25) is 0 Å². The SMILES string of the molecule is CNCC1CN(C(=O)OCc2ccccc2)C1. The molecule has 4 heteroatoms. The molecule has 1 aromatic carbocycles. The van der Waals surface area contributed by atoms with Gasteiger partial charge in [0.05, 0.1) is 0 Å². The fraction of sp³-hybridized carbons (Fsp3) is 0.462. The maximum Gasteiger partial charge on any atom is 0.410 e. The van der Waals surface area contributed by atoms with Gasteiger partial charge >= 0.3 is 6.09 Å². The van der Waals surface area contributed by atoms with Gasteiger partial charge in [0.25, 0.3) is 0 Å². The maximum absolute atomic E-state index is 11.6. The molecule has 1 aliphatic rings. The molecule has 17 heavy (non-hydrogen) atoms. The maximum atomic E-state index is 11.6. The summed E-state index contributed by atoms with van der Waals surface area (Å²) in [5.74, 6) is 0.573. The summed E-state index contributed by atoms with van der Waals surface area (Å²) in [6, 6.07) is 9.73. The zero-order valence-electron chi connectivity index (χ0n) is 10.1. The molecule has 1 amide bonds. The van der Waals surface area contributed by atoms with Gasteiger partial charge < -0.3 is 15.0 Å². The van der Waals surface area contributed by atoms with Crippen molar-refractivity contribution in [1.82, 2.24) is 10.2 Å². The second-order valence-electron chi connectivity index (χ2n) is 4.37. The van der Waals surface area contributed by atoms with Crippen molar-refractivity contribution in [3.63, 3.8) is 0 Å². The highest BCUT2D eigenvalue weighted by Gasteiger charge is 2.30. The second-order valence-corrected chi connectivity index (χ2v) is 4.37. The van der Waals surface area contributed by atoms with Crippen molar-refractivity contribution in [2.45, 2.75) is 6.61 Å². The van der Waals surface area contributed by atoms with E-state index < -0.39 is 0 Å². The van der Waals surface area contributed by atoms with Crippen LogP contribution in [0.4, 0.5) is 4.79 Å². The van der Waals surface area contributed by atoms with Crippen molar-refractivity contribution >= 4 is 6.09 Å². The number of ether oxygens (including phenoxy) is 1. The summed E-state index contributed by atoms with van der Waals surface area (Å²) in [5, 5.41) is 3.11. The molecule has 1 fully saturated rings. The van der Waals surface area contributed by atoms with Crippen molar-refractivity contribution in [3.05, 3.63) is 35.9 Å². The number of nitrogens with one attached hydrogen (secondary N) is 1. The quantitative estimate of drug-likeness (QED) is 0.858. The van der Waals surface area contributed by atoms with Gasteiger partial charge in [0, 0.05) is 25.6 Å². The number of rotatable bonds is 4. The van der Waals surface area contributed by atoms with Gasteiger partial charge in [0.15, 0.2) is 0 Å². The fourth-order valence-electron chi connectivity index (χ4n) is 1.95. The number of carbonyl (C=O) groups excluding carboxylic acids is 1. The van der Waals surface area contributed by atoms with E-state index in [1.807, 2.05) is 37.4 Å². The topological polar surface area (TPSA) is 41.6 Å². The number of likely N-dealkylation sites (tertiary alicyclic amines) is 1. The third-order valence-electron chi connectivity index (χ3n) is 2.91. The Bertz CT molecular complexity index is 361. The van der Waals surface area contributed by atoms with E-state index in [0.717, 1.165) is 25.2 Å². The molecule has 1 heterocycles. The Labute approximate surface area is 102 Å². The van der Waals surface area contributed by atoms with Crippen LogP contribution in [0.5, 0.6) is 0 Å². The predicted molar refractivity (Wildman–Crippen MR) is 65.6 cm³/mol. The average molecular weight is 234 g/mol. The predicted octanol–water partition coefficient (Wildman–Crippen LogP) is 1.47. The van der Waals surface area contributed by atoms with Crippen LogP contribution in [0.1, 0.15) is 5.56 Å². The van der Waals surface area contributed by atoms with E-state index in [0.29, 0.717) is 12.5 Å². The molecule has 0 aromatic heterocycles. The first kappa shape index (κ1) is 11.9. The highest BCUT2D eigenvalue weighted by Crippen LogP contribution is 2.16. The van der Waals surface area contributed by atoms with Crippen LogP contribution in [0.2, 0.25) is 0 Å². The molecule has 0 unspecified atom stereocenters. The number of amides is 1. The van der Waals surface area contributed by atoms with Crippen molar-refractivity contribution in [1.29, 1.82) is 0 Å². The van der Waals surface area contributed by atoms with Crippen LogP contribution in [-0.2, 0) is 11.3 Å². The molecule has 0 aliphatic carbocycles. The normalized spacial score (nSPS) is 15.5. The molecule has 0 saturated carbocycles. The molecule has 0 spiro atoms. The highest BCUT2D eigenvalue weighted by molar-refractivity contribution is 5.68. The van der Waals surface area contributed by atoms with Gasteiger partial charge in [-0.15, -0.1) is 0 Å². The van der Waals surface area contributed by atoms with Gasteiger partial charge in [-0.2, -0.15) is 0 Å². The third-order valence-corrected chi connectivity index (χ3v) is 2.91. The first-order valence-corrected chi connectivity index (χ1v) is 5.90. The fourth-order valence-corrected chi connectivity index (χ4v) is 1.95. The minimum atomic E-state index is -0.207. The Morgan fingerprint density at radius 1 is 1.41 bits per heavy atom. The Balaban J connectivity index is 1.69. The molecule has 0 radical (unpaired) electrons. The molecular formula is C13H18N2O2. The molecule has 1 aromatic rings. The molecule has 92 valence electrons. The lowest BCUT2D eigenvalue weighted by Gasteiger charge is -2.38. The summed E-state index contributed by atoms with van der Waals surface area (Å²) in [5.41, 5.74) is 1.02. The monoisotopic (exact) mass is 234 g/mol. The van der Waals surface area contributed by atoms with E-state index >= 15 is 0 Å². The van der Waals surface area contributed by atoms with Crippen molar-refractivity contribution in [2.75, 3.05) is 26.7 Å². The third kappa shape index (κ3) is 3.20. The zero-order valence-corrected chi connectivity index (χ0v) is 10.1. The van der Waals surface area contributed by atoms with E-state index in [4.69, 9.17) is 4.74 Å². The summed E-state index contributed by atoms with van der Waals surface area (Å²) in [7, 11) is 1.93. The molecular weight excluding hydrogens is 216 g/mol. The van der Waals surface area contributed by atoms with Crippen molar-refractivity contribution in [2.24, 2.45) is 5.92 Å². The molecule has 4 nitrogen and oxygen atoms in total. The van der Waals surface area contributed by atoms with E-state index in [2.05, 4.69) is 5.32 Å². The smallest absolute Gasteiger partial charge is 0.410 e. The number of carbonyl (C=O) groups is 1. The number of benzene rings is 1. The molecule has 0 atom stereocenters. The lowest BCUT2D eigenvalue weighted by atomic mass is 10.0. The zero-order chi connectivity index (χ0) is 12.1. The van der Waals surface area contributed by atoms with Crippen LogP contribution in [0, 0.1) is 5.92 Å². The minimum Gasteiger partial charge on any atom is -0.445 e. The Hall–Kier alpha value is -1.55. The highest BCUT2D eigenvalue weighted by atomic mass is 16.6. The minimum absolute atomic E-state index is 0.207. The number of hydrogen-bond donors (Lipinski definition) is 1. The molecule has 1 saturated heterocycles. The van der Waals surface area contributed by atoms with E-state index in [9.17, 15) is 4.79 Å². The summed E-state index contributed by atoms with van der Waals surface area (Å²) in [6.07, 6.45) is -0.207. The van der Waals surface area contributed by atoms with E-state index in [1.54, 1.807) is 4.90 Å². The van der Waals surface area contributed by atoms with E-state index in [1.165, 1.54) is 0 Å². The number of hydrogen-bond acceptors (Lipinski definition) is 3. The summed E-state index contributed by atoms with van der Waals surface area (Å²) in [6.45, 7) is 2.91. The molecule has 2 rings (SSSR count). The molecule has 1 N–H and O–H groups in total. The van der Waals surface area contributed by atoms with E-state index in [-0.39, 0.29) is 6.09 Å². The molecule has 0 bridgehead atoms. The van der Waals surface area contributed by atoms with Crippen LogP contribution < -0.4 is 5.32 Å². The Morgan fingerprint density at radius 2 is 2.12 bits per heavy atom. The largest absolute Gasteiger partial charge is 0.445 e. The van der Waals surface area contributed by atoms with Crippen LogP contribution >= 0.6 is 0 Å². The van der Waals surface area contributed by atoms with Crippen LogP contribution in [0.3, 0.4) is 0 Å². The Morgan fingerprint density at radius 3 is 2.76 bits per heavy atom. The lowest BCUT2D eigenvalue weighted by Crippen LogP contribution is -2.53. The van der Waals surface area contributed by atoms with Gasteiger partial charge in [0.1, 0.15) is 6.61 Å². The van der Waals surface area contributed by atoms with Crippen LogP contribution in [-0.4, -0.2) is 37.7 Å². The summed E-state index contributed by atoms with van der Waals surface area (Å²) < 4.78 is 5.23. The average Bonchev–Trinajstić information content (AvgIpc) is 2.31. The van der Waals surface area contributed by atoms with Crippen molar-refractivity contribution < 1.29 is 9.53 Å². The second kappa shape index (κ2) is 5.68. The summed E-state index contributed by atoms with van der Waals surface area (Å²) >= 11 is 0. The van der Waals surface area contributed by atoms with Crippen molar-refractivity contribution in [3.8, 4) is 0 Å². The van der Waals surface area contributed by atoms with Crippen LogP contribution in [0.25, 0.3) is 0 Å². The van der Waals surface area contributed by atoms with Crippen LogP contribution in [0.15, 0.2) is 30.3 Å². The van der Waals surface area contributed by atoms with Gasteiger partial charge in [-0.1, -0.05) is 30.3 Å². The summed E-state index contributed by atoms with van der Waals surface area (Å²) in [4.78, 5) is 13.4. The number of nitrogens with zero attached hydrogens (tertiary/aromatic N) is 1. The first-order chi connectivity index (χ1) is 8.29. The van der Waals surface area contributed by atoms with Gasteiger partial charge in [-0.05, 0) is 12.6 Å². The first-order valence-electron chi connectivity index (χ1n) is 5.90. The Kier molecular flexibility index (Phi) is 3.98.